The Hall–Kier alpha value is -3.80. The zero-order valence-electron chi connectivity index (χ0n) is 16.3. The molecular weight excluding hydrogens is 368 g/mol. The van der Waals surface area contributed by atoms with E-state index in [1.54, 1.807) is 61.7 Å². The van der Waals surface area contributed by atoms with E-state index in [4.69, 9.17) is 9.47 Å². The second kappa shape index (κ2) is 9.41. The maximum Gasteiger partial charge on any atom is 0.262 e. The number of hydrogen-bond donors (Lipinski definition) is 2. The van der Waals surface area contributed by atoms with E-state index in [2.05, 4.69) is 10.6 Å². The predicted octanol–water partition coefficient (Wildman–Crippen LogP) is 4.27. The maximum absolute atomic E-state index is 12.3. The number of benzene rings is 3. The van der Waals surface area contributed by atoms with Crippen molar-refractivity contribution >= 4 is 23.2 Å². The molecule has 2 amide bonds. The van der Waals surface area contributed by atoms with Crippen molar-refractivity contribution in [2.75, 3.05) is 24.4 Å². The van der Waals surface area contributed by atoms with E-state index in [1.165, 1.54) is 0 Å². The number of carbonyl (C=O) groups excluding carboxylic acids is 2. The van der Waals surface area contributed by atoms with Crippen molar-refractivity contribution in [2.24, 2.45) is 0 Å². The molecule has 0 unspecified atom stereocenters. The second-order valence-corrected chi connectivity index (χ2v) is 6.41. The van der Waals surface area contributed by atoms with Gasteiger partial charge in [0, 0.05) is 16.9 Å². The molecule has 148 valence electrons. The van der Waals surface area contributed by atoms with Crippen LogP contribution in [0.3, 0.4) is 0 Å². The number of nitrogens with one attached hydrogen (secondary N) is 2. The van der Waals surface area contributed by atoms with E-state index >= 15 is 0 Å². The Kier molecular flexibility index (Phi) is 6.47. The van der Waals surface area contributed by atoms with E-state index in [-0.39, 0.29) is 18.4 Å². The third-order valence-corrected chi connectivity index (χ3v) is 4.14. The average Bonchev–Trinajstić information content (AvgIpc) is 2.74. The highest BCUT2D eigenvalue weighted by molar-refractivity contribution is 6.04. The lowest BCUT2D eigenvalue weighted by Crippen LogP contribution is -2.20. The highest BCUT2D eigenvalue weighted by Gasteiger charge is 2.07. The first-order valence-corrected chi connectivity index (χ1v) is 9.08. The van der Waals surface area contributed by atoms with Gasteiger partial charge in [-0.1, -0.05) is 17.7 Å². The minimum absolute atomic E-state index is 0.113. The van der Waals surface area contributed by atoms with Gasteiger partial charge in [0.15, 0.2) is 6.61 Å². The van der Waals surface area contributed by atoms with Gasteiger partial charge in [0.25, 0.3) is 11.8 Å². The van der Waals surface area contributed by atoms with Crippen molar-refractivity contribution in [3.8, 4) is 11.5 Å². The molecule has 0 spiro atoms. The summed E-state index contributed by atoms with van der Waals surface area (Å²) in [4.78, 5) is 24.3. The Labute approximate surface area is 169 Å². The number of hydrogen-bond acceptors (Lipinski definition) is 4. The first kappa shape index (κ1) is 19.9. The molecule has 0 atom stereocenters. The smallest absolute Gasteiger partial charge is 0.262 e. The Balaban J connectivity index is 1.50. The predicted molar refractivity (Wildman–Crippen MR) is 113 cm³/mol. The number of carbonyl (C=O) groups is 2. The molecule has 0 saturated carbocycles. The van der Waals surface area contributed by atoms with E-state index in [1.807, 2.05) is 25.1 Å². The fraction of sp³-hybridized carbons (Fsp3) is 0.130. The standard InChI is InChI=1S/C23H22N2O4/c1-16-4-3-5-17(14-16)23(27)25-19-8-6-18(7-9-19)24-22(26)15-29-21-12-10-20(28-2)11-13-21/h3-14H,15H2,1-2H3,(H,24,26)(H,25,27). The van der Waals surface area contributed by atoms with Gasteiger partial charge in [-0.15, -0.1) is 0 Å². The molecule has 0 saturated heterocycles. The van der Waals surface area contributed by atoms with Crippen LogP contribution >= 0.6 is 0 Å². The molecule has 2 N–H and O–H groups in total. The Morgan fingerprint density at radius 3 is 2.07 bits per heavy atom. The average molecular weight is 390 g/mol. The van der Waals surface area contributed by atoms with Crippen molar-refractivity contribution in [1.29, 1.82) is 0 Å². The Morgan fingerprint density at radius 1 is 0.828 bits per heavy atom. The summed E-state index contributed by atoms with van der Waals surface area (Å²) in [6.07, 6.45) is 0. The summed E-state index contributed by atoms with van der Waals surface area (Å²) in [7, 11) is 1.59. The molecule has 3 rings (SSSR count). The summed E-state index contributed by atoms with van der Waals surface area (Å²) in [5.74, 6) is 0.835. The fourth-order valence-corrected chi connectivity index (χ4v) is 2.64. The van der Waals surface area contributed by atoms with Crippen molar-refractivity contribution in [2.45, 2.75) is 6.92 Å². The van der Waals surface area contributed by atoms with Crippen LogP contribution in [0, 0.1) is 6.92 Å². The molecule has 0 heterocycles. The number of aryl methyl sites for hydroxylation is 1. The molecule has 3 aromatic carbocycles. The third kappa shape index (κ3) is 5.84. The monoisotopic (exact) mass is 390 g/mol. The van der Waals surface area contributed by atoms with E-state index in [0.717, 1.165) is 11.3 Å². The van der Waals surface area contributed by atoms with Crippen LogP contribution in [0.25, 0.3) is 0 Å². The largest absolute Gasteiger partial charge is 0.497 e. The normalized spacial score (nSPS) is 10.1. The van der Waals surface area contributed by atoms with E-state index in [0.29, 0.717) is 22.7 Å². The molecule has 6 heteroatoms. The van der Waals surface area contributed by atoms with Crippen LogP contribution in [-0.2, 0) is 4.79 Å². The number of ether oxygens (including phenoxy) is 2. The lowest BCUT2D eigenvalue weighted by Gasteiger charge is -2.09. The van der Waals surface area contributed by atoms with Crippen LogP contribution in [0.4, 0.5) is 11.4 Å². The van der Waals surface area contributed by atoms with Crippen LogP contribution in [0.15, 0.2) is 72.8 Å². The van der Waals surface area contributed by atoms with Crippen LogP contribution in [0.1, 0.15) is 15.9 Å². The molecule has 3 aromatic rings. The van der Waals surface area contributed by atoms with Crippen LogP contribution in [0.2, 0.25) is 0 Å². The minimum Gasteiger partial charge on any atom is -0.497 e. The maximum atomic E-state index is 12.3. The van der Waals surface area contributed by atoms with Crippen molar-refractivity contribution in [3.63, 3.8) is 0 Å². The summed E-state index contributed by atoms with van der Waals surface area (Å²) in [5.41, 5.74) is 2.87. The first-order chi connectivity index (χ1) is 14.0. The summed E-state index contributed by atoms with van der Waals surface area (Å²) in [6.45, 7) is 1.82. The summed E-state index contributed by atoms with van der Waals surface area (Å²) < 4.78 is 10.5. The van der Waals surface area contributed by atoms with Crippen LogP contribution < -0.4 is 20.1 Å². The molecule has 0 bridgehead atoms. The topological polar surface area (TPSA) is 76.7 Å². The Morgan fingerprint density at radius 2 is 1.45 bits per heavy atom. The number of methoxy groups -OCH3 is 1. The van der Waals surface area contributed by atoms with E-state index < -0.39 is 0 Å². The molecule has 0 aliphatic carbocycles. The summed E-state index contributed by atoms with van der Waals surface area (Å²) >= 11 is 0. The highest BCUT2D eigenvalue weighted by atomic mass is 16.5. The summed E-state index contributed by atoms with van der Waals surface area (Å²) in [5, 5.41) is 5.59. The number of amides is 2. The van der Waals surface area contributed by atoms with Crippen LogP contribution in [0.5, 0.6) is 11.5 Å². The van der Waals surface area contributed by atoms with E-state index in [9.17, 15) is 9.59 Å². The minimum atomic E-state index is -0.280. The zero-order valence-corrected chi connectivity index (χ0v) is 16.3. The lowest BCUT2D eigenvalue weighted by atomic mass is 10.1. The quantitative estimate of drug-likeness (QED) is 0.632. The first-order valence-electron chi connectivity index (χ1n) is 9.08. The molecular formula is C23H22N2O4. The molecule has 0 fully saturated rings. The van der Waals surface area contributed by atoms with Gasteiger partial charge in [-0.3, -0.25) is 9.59 Å². The van der Waals surface area contributed by atoms with Gasteiger partial charge in [-0.05, 0) is 67.6 Å². The molecule has 29 heavy (non-hydrogen) atoms. The SMILES string of the molecule is COc1ccc(OCC(=O)Nc2ccc(NC(=O)c3cccc(C)c3)cc2)cc1. The molecule has 0 aliphatic rings. The zero-order chi connectivity index (χ0) is 20.6. The van der Waals surface area contributed by atoms with Gasteiger partial charge in [0.05, 0.1) is 7.11 Å². The van der Waals surface area contributed by atoms with Gasteiger partial charge in [0.1, 0.15) is 11.5 Å². The summed E-state index contributed by atoms with van der Waals surface area (Å²) in [6, 6.07) is 21.3. The Bertz CT molecular complexity index is 983. The molecule has 0 aliphatic heterocycles. The van der Waals surface area contributed by atoms with Crippen molar-refractivity contribution in [3.05, 3.63) is 83.9 Å². The number of anilines is 2. The second-order valence-electron chi connectivity index (χ2n) is 6.41. The van der Waals surface area contributed by atoms with Gasteiger partial charge in [0.2, 0.25) is 0 Å². The molecule has 6 nitrogen and oxygen atoms in total. The molecule has 0 radical (unpaired) electrons. The number of rotatable bonds is 7. The third-order valence-electron chi connectivity index (χ3n) is 4.14. The van der Waals surface area contributed by atoms with Crippen LogP contribution in [-0.4, -0.2) is 25.5 Å². The van der Waals surface area contributed by atoms with Gasteiger partial charge >= 0.3 is 0 Å². The fourth-order valence-electron chi connectivity index (χ4n) is 2.64. The van der Waals surface area contributed by atoms with Gasteiger partial charge < -0.3 is 20.1 Å². The van der Waals surface area contributed by atoms with Gasteiger partial charge in [-0.25, -0.2) is 0 Å². The lowest BCUT2D eigenvalue weighted by molar-refractivity contribution is -0.118. The van der Waals surface area contributed by atoms with Crippen molar-refractivity contribution < 1.29 is 19.1 Å². The molecule has 0 aromatic heterocycles. The van der Waals surface area contributed by atoms with Gasteiger partial charge in [-0.2, -0.15) is 0 Å². The van der Waals surface area contributed by atoms with Crippen molar-refractivity contribution in [1.82, 2.24) is 0 Å². The highest BCUT2D eigenvalue weighted by Crippen LogP contribution is 2.18.